The molecule has 2 rings (SSSR count). The van der Waals surface area contributed by atoms with Crippen molar-refractivity contribution in [2.45, 2.75) is 39.3 Å². The monoisotopic (exact) mass is 386 g/mol. The van der Waals surface area contributed by atoms with Gasteiger partial charge in [0.2, 0.25) is 0 Å². The number of rotatable bonds is 9. The SMILES string of the molecule is COc1cc([N+](=O)[O-])ccc1NC(=O)[C@@H](C)[NH2+][C@H](CC(C)C)c1ccccc1. The van der Waals surface area contributed by atoms with Gasteiger partial charge in [-0.05, 0) is 18.9 Å². The molecular formula is C21H28N3O4+. The summed E-state index contributed by atoms with van der Waals surface area (Å²) in [6.07, 6.45) is 0.947. The first-order valence-electron chi connectivity index (χ1n) is 9.35. The summed E-state index contributed by atoms with van der Waals surface area (Å²) in [6.45, 7) is 6.18. The van der Waals surface area contributed by atoms with Gasteiger partial charge in [-0.25, -0.2) is 0 Å². The Labute approximate surface area is 165 Å². The lowest BCUT2D eigenvalue weighted by Gasteiger charge is -2.22. The van der Waals surface area contributed by atoms with Crippen molar-refractivity contribution in [3.8, 4) is 5.75 Å². The molecule has 0 saturated heterocycles. The number of nitrogens with one attached hydrogen (secondary N) is 1. The lowest BCUT2D eigenvalue weighted by molar-refractivity contribution is -0.714. The van der Waals surface area contributed by atoms with Gasteiger partial charge in [-0.2, -0.15) is 0 Å². The van der Waals surface area contributed by atoms with E-state index in [-0.39, 0.29) is 29.4 Å². The number of hydrogen-bond donors (Lipinski definition) is 2. The molecule has 0 aromatic heterocycles. The van der Waals surface area contributed by atoms with Gasteiger partial charge in [0.25, 0.3) is 11.6 Å². The Morgan fingerprint density at radius 1 is 1.18 bits per heavy atom. The predicted molar refractivity (Wildman–Crippen MR) is 108 cm³/mol. The van der Waals surface area contributed by atoms with Gasteiger partial charge in [0.15, 0.2) is 6.04 Å². The molecule has 7 heteroatoms. The molecule has 1 amide bonds. The lowest BCUT2D eigenvalue weighted by Crippen LogP contribution is -2.92. The molecule has 0 aliphatic heterocycles. The van der Waals surface area contributed by atoms with Crippen LogP contribution in [0.15, 0.2) is 48.5 Å². The number of methoxy groups -OCH3 is 1. The summed E-state index contributed by atoms with van der Waals surface area (Å²) in [4.78, 5) is 23.1. The highest BCUT2D eigenvalue weighted by molar-refractivity contribution is 5.95. The first kappa shape index (κ1) is 21.4. The zero-order valence-electron chi connectivity index (χ0n) is 16.7. The number of carbonyl (C=O) groups is 1. The topological polar surface area (TPSA) is 98.1 Å². The average Bonchev–Trinajstić information content (AvgIpc) is 2.67. The molecule has 0 bridgehead atoms. The Kier molecular flexibility index (Phi) is 7.52. The highest BCUT2D eigenvalue weighted by Gasteiger charge is 2.25. The van der Waals surface area contributed by atoms with E-state index < -0.39 is 4.92 Å². The molecule has 0 unspecified atom stereocenters. The van der Waals surface area contributed by atoms with E-state index in [1.165, 1.54) is 30.9 Å². The molecule has 0 aliphatic carbocycles. The van der Waals surface area contributed by atoms with E-state index in [1.807, 2.05) is 25.1 Å². The van der Waals surface area contributed by atoms with Crippen molar-refractivity contribution < 1.29 is 19.8 Å². The first-order valence-corrected chi connectivity index (χ1v) is 9.35. The maximum absolute atomic E-state index is 12.7. The molecule has 2 aromatic rings. The number of carbonyl (C=O) groups excluding carboxylic acids is 1. The van der Waals surface area contributed by atoms with Crippen molar-refractivity contribution >= 4 is 17.3 Å². The molecule has 0 saturated carbocycles. The van der Waals surface area contributed by atoms with Crippen molar-refractivity contribution in [1.82, 2.24) is 0 Å². The summed E-state index contributed by atoms with van der Waals surface area (Å²) >= 11 is 0. The van der Waals surface area contributed by atoms with Crippen LogP contribution in [0.3, 0.4) is 0 Å². The maximum atomic E-state index is 12.7. The molecule has 2 aromatic carbocycles. The highest BCUT2D eigenvalue weighted by Crippen LogP contribution is 2.29. The summed E-state index contributed by atoms with van der Waals surface area (Å²) < 4.78 is 5.19. The fourth-order valence-electron chi connectivity index (χ4n) is 3.11. The van der Waals surface area contributed by atoms with Crippen LogP contribution >= 0.6 is 0 Å². The number of nitrogens with two attached hydrogens (primary N) is 1. The smallest absolute Gasteiger partial charge is 0.282 e. The zero-order valence-corrected chi connectivity index (χ0v) is 16.7. The summed E-state index contributed by atoms with van der Waals surface area (Å²) in [6, 6.07) is 14.1. The van der Waals surface area contributed by atoms with Gasteiger partial charge in [0, 0.05) is 18.1 Å². The number of hydrogen-bond acceptors (Lipinski definition) is 4. The zero-order chi connectivity index (χ0) is 20.7. The van der Waals surface area contributed by atoms with E-state index in [4.69, 9.17) is 4.74 Å². The van der Waals surface area contributed by atoms with Crippen LogP contribution in [0.5, 0.6) is 5.75 Å². The largest absolute Gasteiger partial charge is 0.494 e. The van der Waals surface area contributed by atoms with E-state index in [2.05, 4.69) is 36.6 Å². The van der Waals surface area contributed by atoms with Crippen LogP contribution in [0.1, 0.15) is 38.8 Å². The van der Waals surface area contributed by atoms with Gasteiger partial charge in [0.05, 0.1) is 23.8 Å². The molecule has 2 atom stereocenters. The third-order valence-electron chi connectivity index (χ3n) is 4.54. The quantitative estimate of drug-likeness (QED) is 0.510. The van der Waals surface area contributed by atoms with E-state index in [9.17, 15) is 14.9 Å². The Hall–Kier alpha value is -2.93. The van der Waals surface area contributed by atoms with Crippen molar-refractivity contribution in [2.75, 3.05) is 12.4 Å². The van der Waals surface area contributed by atoms with Crippen molar-refractivity contribution in [3.63, 3.8) is 0 Å². The van der Waals surface area contributed by atoms with Crippen LogP contribution in [0.2, 0.25) is 0 Å². The van der Waals surface area contributed by atoms with Crippen LogP contribution < -0.4 is 15.4 Å². The summed E-state index contributed by atoms with van der Waals surface area (Å²) in [5.74, 6) is 0.569. The molecule has 7 nitrogen and oxygen atoms in total. The molecule has 0 radical (unpaired) electrons. The Morgan fingerprint density at radius 2 is 1.86 bits per heavy atom. The molecule has 0 aliphatic rings. The Balaban J connectivity index is 2.11. The van der Waals surface area contributed by atoms with Crippen molar-refractivity contribution in [2.24, 2.45) is 5.92 Å². The van der Waals surface area contributed by atoms with E-state index in [1.54, 1.807) is 0 Å². The second kappa shape index (κ2) is 9.85. The van der Waals surface area contributed by atoms with Crippen LogP contribution in [0, 0.1) is 16.0 Å². The van der Waals surface area contributed by atoms with Gasteiger partial charge < -0.3 is 15.4 Å². The third kappa shape index (κ3) is 5.79. The minimum atomic E-state index is -0.499. The van der Waals surface area contributed by atoms with Crippen LogP contribution in [-0.4, -0.2) is 24.0 Å². The van der Waals surface area contributed by atoms with Crippen LogP contribution in [0.25, 0.3) is 0 Å². The number of nitro groups is 1. The summed E-state index contributed by atoms with van der Waals surface area (Å²) in [5, 5.41) is 15.8. The molecule has 28 heavy (non-hydrogen) atoms. The normalized spacial score (nSPS) is 13.0. The van der Waals surface area contributed by atoms with E-state index in [0.717, 1.165) is 6.42 Å². The van der Waals surface area contributed by atoms with Crippen molar-refractivity contribution in [3.05, 3.63) is 64.2 Å². The number of non-ortho nitro benzene ring substituents is 1. The molecule has 0 fully saturated rings. The second-order valence-corrected chi connectivity index (χ2v) is 7.26. The van der Waals surface area contributed by atoms with Gasteiger partial charge in [0.1, 0.15) is 11.8 Å². The molecule has 3 N–H and O–H groups in total. The molecule has 150 valence electrons. The summed E-state index contributed by atoms with van der Waals surface area (Å²) in [5.41, 5.74) is 1.51. The number of ether oxygens (including phenoxy) is 1. The average molecular weight is 386 g/mol. The van der Waals surface area contributed by atoms with Crippen LogP contribution in [-0.2, 0) is 4.79 Å². The molecular weight excluding hydrogens is 358 g/mol. The number of benzene rings is 2. The minimum Gasteiger partial charge on any atom is -0.494 e. The second-order valence-electron chi connectivity index (χ2n) is 7.26. The number of quaternary nitrogens is 1. The lowest BCUT2D eigenvalue weighted by atomic mass is 9.96. The van der Waals surface area contributed by atoms with Gasteiger partial charge in [-0.15, -0.1) is 0 Å². The van der Waals surface area contributed by atoms with Crippen LogP contribution in [0.4, 0.5) is 11.4 Å². The predicted octanol–water partition coefficient (Wildman–Crippen LogP) is 3.28. The standard InChI is InChI=1S/C21H27N3O4/c1-14(2)12-19(16-8-6-5-7-9-16)22-15(3)21(25)23-18-11-10-17(24(26)27)13-20(18)28-4/h5-11,13-15,19,22H,12H2,1-4H3,(H,23,25)/p+1/t15-,19-/m1/s1. The number of nitro benzene ring substituents is 1. The highest BCUT2D eigenvalue weighted by atomic mass is 16.6. The molecule has 0 heterocycles. The first-order chi connectivity index (χ1) is 13.3. The van der Waals surface area contributed by atoms with E-state index >= 15 is 0 Å². The third-order valence-corrected chi connectivity index (χ3v) is 4.54. The Morgan fingerprint density at radius 3 is 2.43 bits per heavy atom. The minimum absolute atomic E-state index is 0.0875. The van der Waals surface area contributed by atoms with Crippen molar-refractivity contribution in [1.29, 1.82) is 0 Å². The number of anilines is 1. The number of amides is 1. The fraction of sp³-hybridized carbons (Fsp3) is 0.381. The summed E-state index contributed by atoms with van der Waals surface area (Å²) in [7, 11) is 1.42. The number of nitrogens with zero attached hydrogens (tertiary/aromatic N) is 1. The van der Waals surface area contributed by atoms with E-state index in [0.29, 0.717) is 11.6 Å². The Bertz CT molecular complexity index is 809. The van der Waals surface area contributed by atoms with Gasteiger partial charge >= 0.3 is 0 Å². The van der Waals surface area contributed by atoms with Gasteiger partial charge in [-0.1, -0.05) is 44.2 Å². The maximum Gasteiger partial charge on any atom is 0.282 e. The fourth-order valence-corrected chi connectivity index (χ4v) is 3.11. The molecule has 0 spiro atoms. The van der Waals surface area contributed by atoms with Gasteiger partial charge in [-0.3, -0.25) is 14.9 Å².